The van der Waals surface area contributed by atoms with Crippen LogP contribution in [0.5, 0.6) is 0 Å². The molecule has 4 rings (SSSR count). The van der Waals surface area contributed by atoms with Crippen molar-refractivity contribution in [1.29, 1.82) is 0 Å². The number of ether oxygens (including phenoxy) is 5. The van der Waals surface area contributed by atoms with E-state index in [1.54, 1.807) is 7.11 Å². The zero-order valence-corrected chi connectivity index (χ0v) is 24.5. The second-order valence-corrected chi connectivity index (χ2v) is 12.5. The van der Waals surface area contributed by atoms with Crippen LogP contribution in [0, 0.1) is 34.0 Å². The van der Waals surface area contributed by atoms with E-state index >= 15 is 0 Å². The summed E-state index contributed by atoms with van der Waals surface area (Å²) in [6, 6.07) is 10.2. The van der Waals surface area contributed by atoms with Crippen molar-refractivity contribution in [3.8, 4) is 0 Å². The zero-order chi connectivity index (χ0) is 27.4. The smallest absolute Gasteiger partial charge is 0.147 e. The van der Waals surface area contributed by atoms with Gasteiger partial charge in [0.25, 0.3) is 0 Å². The van der Waals surface area contributed by atoms with E-state index < -0.39 is 0 Å². The minimum atomic E-state index is -0.320. The summed E-state index contributed by atoms with van der Waals surface area (Å²) >= 11 is 0. The van der Waals surface area contributed by atoms with E-state index in [0.29, 0.717) is 32.0 Å². The van der Waals surface area contributed by atoms with Crippen LogP contribution >= 0.6 is 0 Å². The molecule has 3 fully saturated rings. The van der Waals surface area contributed by atoms with E-state index in [1.165, 1.54) is 0 Å². The minimum absolute atomic E-state index is 0.0432. The molecule has 6 heteroatoms. The Morgan fingerprint density at radius 3 is 2.45 bits per heavy atom. The van der Waals surface area contributed by atoms with Crippen molar-refractivity contribution in [2.24, 2.45) is 34.0 Å². The number of methoxy groups -OCH3 is 1. The highest BCUT2D eigenvalue weighted by molar-refractivity contribution is 5.85. The number of rotatable bonds is 12. The van der Waals surface area contributed by atoms with Crippen molar-refractivity contribution in [2.45, 2.75) is 92.0 Å². The summed E-state index contributed by atoms with van der Waals surface area (Å²) in [6.45, 7) is 13.7. The Morgan fingerprint density at radius 1 is 1.00 bits per heavy atom. The molecule has 0 saturated heterocycles. The van der Waals surface area contributed by atoms with E-state index in [2.05, 4.69) is 39.8 Å². The van der Waals surface area contributed by atoms with E-state index in [-0.39, 0.29) is 59.8 Å². The van der Waals surface area contributed by atoms with Gasteiger partial charge < -0.3 is 23.7 Å². The molecule has 0 aromatic heterocycles. The number of benzene rings is 1. The topological polar surface area (TPSA) is 63.2 Å². The molecular formula is C32H50O6. The van der Waals surface area contributed by atoms with E-state index in [1.807, 2.05) is 25.1 Å². The van der Waals surface area contributed by atoms with Gasteiger partial charge in [-0.3, -0.25) is 4.79 Å². The Balaban J connectivity index is 1.69. The summed E-state index contributed by atoms with van der Waals surface area (Å²) in [7, 11) is 1.67. The maximum Gasteiger partial charge on any atom is 0.147 e. The largest absolute Gasteiger partial charge is 0.381 e. The van der Waals surface area contributed by atoms with Gasteiger partial charge in [0.15, 0.2) is 0 Å². The number of hydrogen-bond donors (Lipinski definition) is 0. The fourth-order valence-electron chi connectivity index (χ4n) is 8.48. The predicted molar refractivity (Wildman–Crippen MR) is 147 cm³/mol. The molecule has 0 spiro atoms. The van der Waals surface area contributed by atoms with Gasteiger partial charge >= 0.3 is 0 Å². The first kappa shape index (κ1) is 29.7. The molecule has 2 unspecified atom stereocenters. The fourth-order valence-corrected chi connectivity index (χ4v) is 8.48. The molecule has 0 N–H and O–H groups in total. The van der Waals surface area contributed by atoms with Gasteiger partial charge in [0.05, 0.1) is 25.4 Å². The summed E-state index contributed by atoms with van der Waals surface area (Å²) in [5.74, 6) is 0.819. The molecule has 38 heavy (non-hydrogen) atoms. The molecule has 3 aliphatic carbocycles. The lowest BCUT2D eigenvalue weighted by Gasteiger charge is -2.63. The molecule has 214 valence electrons. The average molecular weight is 531 g/mol. The molecule has 6 nitrogen and oxygen atoms in total. The lowest BCUT2D eigenvalue weighted by atomic mass is 9.43. The zero-order valence-electron chi connectivity index (χ0n) is 24.5. The van der Waals surface area contributed by atoms with Gasteiger partial charge in [-0.2, -0.15) is 0 Å². The lowest BCUT2D eigenvalue weighted by Crippen LogP contribution is -2.64. The minimum Gasteiger partial charge on any atom is -0.381 e. The quantitative estimate of drug-likeness (QED) is 0.230. The standard InChI is InChI=1S/C32H50O6/c1-7-30(4)18-27(37-21-34-6)31(5)25(20-35-8-2)14-16-32(17-15-26(33)28(31)32)23(3)29(30)38-22-36-19-24-12-10-9-11-13-24/h9-13,23,25,27-29H,7-8,14-22H2,1-6H3/t23-,25-,27+,28?,29?,30+,31-,32-/m0/s1. The molecule has 2 bridgehead atoms. The van der Waals surface area contributed by atoms with Crippen LogP contribution in [0.4, 0.5) is 0 Å². The Hall–Kier alpha value is -1.31. The third-order valence-electron chi connectivity index (χ3n) is 10.7. The van der Waals surface area contributed by atoms with Gasteiger partial charge in [-0.25, -0.2) is 0 Å². The predicted octanol–water partition coefficient (Wildman–Crippen LogP) is 6.41. The monoisotopic (exact) mass is 530 g/mol. The number of carbonyl (C=O) groups excluding carboxylic acids is 1. The summed E-state index contributed by atoms with van der Waals surface area (Å²) < 4.78 is 30.8. The second kappa shape index (κ2) is 12.5. The second-order valence-electron chi connectivity index (χ2n) is 12.5. The van der Waals surface area contributed by atoms with Crippen LogP contribution in [0.25, 0.3) is 0 Å². The normalized spacial score (nSPS) is 39.0. The van der Waals surface area contributed by atoms with Gasteiger partial charge in [0.2, 0.25) is 0 Å². The first-order chi connectivity index (χ1) is 18.3. The van der Waals surface area contributed by atoms with Gasteiger partial charge in [0.1, 0.15) is 19.4 Å². The van der Waals surface area contributed by atoms with Gasteiger partial charge in [0, 0.05) is 31.5 Å². The number of Topliss-reactive ketones (excluding diaryl/α,β-unsaturated/α-hetero) is 1. The maximum absolute atomic E-state index is 13.8. The molecule has 8 atom stereocenters. The molecule has 1 aromatic carbocycles. The van der Waals surface area contributed by atoms with Gasteiger partial charge in [-0.1, -0.05) is 58.0 Å². The van der Waals surface area contributed by atoms with Crippen molar-refractivity contribution >= 4 is 5.78 Å². The van der Waals surface area contributed by atoms with Crippen LogP contribution in [0.15, 0.2) is 30.3 Å². The molecule has 3 saturated carbocycles. The molecule has 0 heterocycles. The van der Waals surface area contributed by atoms with Crippen LogP contribution in [-0.2, 0) is 35.1 Å². The first-order valence-electron chi connectivity index (χ1n) is 14.7. The number of hydrogen-bond acceptors (Lipinski definition) is 6. The summed E-state index contributed by atoms with van der Waals surface area (Å²) in [6.07, 6.45) is 5.22. The van der Waals surface area contributed by atoms with Crippen LogP contribution < -0.4 is 0 Å². The highest BCUT2D eigenvalue weighted by atomic mass is 16.7. The van der Waals surface area contributed by atoms with Crippen LogP contribution in [0.2, 0.25) is 0 Å². The Kier molecular flexibility index (Phi) is 9.73. The van der Waals surface area contributed by atoms with Gasteiger partial charge in [-0.15, -0.1) is 0 Å². The lowest BCUT2D eigenvalue weighted by molar-refractivity contribution is -0.249. The molecule has 0 aliphatic heterocycles. The Labute approximate surface area is 230 Å². The highest BCUT2D eigenvalue weighted by Crippen LogP contribution is 2.68. The number of carbonyl (C=O) groups is 1. The third kappa shape index (κ3) is 5.36. The van der Waals surface area contributed by atoms with Crippen molar-refractivity contribution in [3.05, 3.63) is 35.9 Å². The number of ketones is 1. The van der Waals surface area contributed by atoms with Crippen molar-refractivity contribution in [3.63, 3.8) is 0 Å². The third-order valence-corrected chi connectivity index (χ3v) is 10.7. The SMILES string of the molecule is CCOC[C@@H]1CC[C@@]23CCC(=O)C2[C@]1(C)[C@H](OCOC)C[C@@](C)(CC)C(OCOCc1ccccc1)[C@@H]3C. The fraction of sp³-hybridized carbons (Fsp3) is 0.781. The highest BCUT2D eigenvalue weighted by Gasteiger charge is 2.68. The molecular weight excluding hydrogens is 480 g/mol. The van der Waals surface area contributed by atoms with E-state index in [0.717, 1.165) is 37.7 Å². The van der Waals surface area contributed by atoms with Crippen LogP contribution in [0.3, 0.4) is 0 Å². The molecule has 0 amide bonds. The summed E-state index contributed by atoms with van der Waals surface area (Å²) in [4.78, 5) is 13.8. The maximum atomic E-state index is 13.8. The van der Waals surface area contributed by atoms with Crippen molar-refractivity contribution < 1.29 is 28.5 Å². The van der Waals surface area contributed by atoms with Crippen LogP contribution in [0.1, 0.15) is 78.7 Å². The van der Waals surface area contributed by atoms with Crippen LogP contribution in [-0.4, -0.2) is 51.9 Å². The molecule has 0 radical (unpaired) electrons. The average Bonchev–Trinajstić information content (AvgIpc) is 3.28. The van der Waals surface area contributed by atoms with E-state index in [9.17, 15) is 4.79 Å². The van der Waals surface area contributed by atoms with Crippen molar-refractivity contribution in [2.75, 3.05) is 33.9 Å². The van der Waals surface area contributed by atoms with E-state index in [4.69, 9.17) is 23.7 Å². The summed E-state index contributed by atoms with van der Waals surface area (Å²) in [5, 5.41) is 0. The Morgan fingerprint density at radius 2 is 1.76 bits per heavy atom. The van der Waals surface area contributed by atoms with Gasteiger partial charge in [-0.05, 0) is 67.3 Å². The molecule has 3 aliphatic rings. The first-order valence-corrected chi connectivity index (χ1v) is 14.7. The van der Waals surface area contributed by atoms with Crippen molar-refractivity contribution in [1.82, 2.24) is 0 Å². The summed E-state index contributed by atoms with van der Waals surface area (Å²) in [5.41, 5.74) is 0.562. The Bertz CT molecular complexity index is 906. The molecule has 1 aromatic rings.